The number of aliphatic hydroxyl groups is 1. The van der Waals surface area contributed by atoms with Gasteiger partial charge in [-0.3, -0.25) is 15.7 Å². The molecule has 8 heteroatoms. The van der Waals surface area contributed by atoms with E-state index in [4.69, 9.17) is 0 Å². The Balaban J connectivity index is 2.10. The molecule has 1 rings (SSSR count). The van der Waals surface area contributed by atoms with Crippen LogP contribution >= 0.6 is 23.5 Å². The second-order valence-electron chi connectivity index (χ2n) is 8.02. The van der Waals surface area contributed by atoms with E-state index in [9.17, 15) is 19.9 Å². The SMILES string of the molecule is CC(C)(CCSCCCSCCC(C)(C)/C(O)=C/C([NH3+])=O)C1=CC(=O)N1O. The molecule has 0 aromatic heterocycles. The van der Waals surface area contributed by atoms with Gasteiger partial charge in [-0.25, -0.2) is 4.79 Å². The average Bonchev–Trinajstić information content (AvgIpc) is 2.56. The topological polar surface area (TPSA) is 105 Å². The quantitative estimate of drug-likeness (QED) is 0.184. The molecule has 0 aromatic rings. The summed E-state index contributed by atoms with van der Waals surface area (Å²) in [6.45, 7) is 7.94. The Morgan fingerprint density at radius 3 is 2.19 bits per heavy atom. The maximum atomic E-state index is 11.1. The van der Waals surface area contributed by atoms with Crippen molar-refractivity contribution in [3.05, 3.63) is 23.6 Å². The molecule has 2 amide bonds. The van der Waals surface area contributed by atoms with E-state index < -0.39 is 5.41 Å². The maximum absolute atomic E-state index is 11.1. The van der Waals surface area contributed by atoms with E-state index in [2.05, 4.69) is 5.73 Å². The molecule has 0 saturated heterocycles. The zero-order valence-electron chi connectivity index (χ0n) is 16.8. The highest BCUT2D eigenvalue weighted by Crippen LogP contribution is 2.37. The lowest BCUT2D eigenvalue weighted by Crippen LogP contribution is -2.56. The average molecular weight is 418 g/mol. The molecule has 0 bridgehead atoms. The molecule has 1 aliphatic rings. The van der Waals surface area contributed by atoms with Crippen LogP contribution in [0.1, 0.15) is 47.0 Å². The summed E-state index contributed by atoms with van der Waals surface area (Å²) in [7, 11) is 0. The highest BCUT2D eigenvalue weighted by Gasteiger charge is 2.36. The molecule has 154 valence electrons. The molecular formula is C19H33N2O4S2+. The number of allylic oxidation sites excluding steroid dienone is 2. The van der Waals surface area contributed by atoms with Gasteiger partial charge in [0.2, 0.25) is 0 Å². The summed E-state index contributed by atoms with van der Waals surface area (Å²) in [5.74, 6) is 3.45. The minimum atomic E-state index is -0.404. The van der Waals surface area contributed by atoms with Crippen LogP contribution in [0.15, 0.2) is 23.6 Å². The fourth-order valence-electron chi connectivity index (χ4n) is 2.50. The number of thioether (sulfide) groups is 2. The molecule has 0 aliphatic carbocycles. The summed E-state index contributed by atoms with van der Waals surface area (Å²) in [4.78, 5) is 22.1. The minimum Gasteiger partial charge on any atom is -0.511 e. The Morgan fingerprint density at radius 1 is 1.15 bits per heavy atom. The number of aliphatic hydroxyl groups excluding tert-OH is 1. The Hall–Kier alpha value is -0.960. The summed E-state index contributed by atoms with van der Waals surface area (Å²) >= 11 is 3.75. The highest BCUT2D eigenvalue weighted by molar-refractivity contribution is 8.00. The van der Waals surface area contributed by atoms with Gasteiger partial charge in [-0.2, -0.15) is 28.6 Å². The van der Waals surface area contributed by atoms with E-state index >= 15 is 0 Å². The molecular weight excluding hydrogens is 384 g/mol. The van der Waals surface area contributed by atoms with Gasteiger partial charge in [0.25, 0.3) is 5.91 Å². The molecule has 0 radical (unpaired) electrons. The summed E-state index contributed by atoms with van der Waals surface area (Å²) in [6.07, 6.45) is 5.53. The van der Waals surface area contributed by atoms with Crippen molar-refractivity contribution in [2.75, 3.05) is 23.0 Å². The molecule has 1 heterocycles. The molecule has 0 aromatic carbocycles. The number of hydrogen-bond acceptors (Lipinski definition) is 6. The fourth-order valence-corrected chi connectivity index (χ4v) is 5.10. The van der Waals surface area contributed by atoms with Crippen molar-refractivity contribution in [3.8, 4) is 0 Å². The lowest BCUT2D eigenvalue weighted by molar-refractivity contribution is -0.297. The Bertz CT molecular complexity index is 601. The second kappa shape index (κ2) is 10.5. The second-order valence-corrected chi connectivity index (χ2v) is 10.5. The van der Waals surface area contributed by atoms with Crippen LogP contribution in [0.25, 0.3) is 0 Å². The molecule has 6 nitrogen and oxygen atoms in total. The third-order valence-electron chi connectivity index (χ3n) is 4.70. The van der Waals surface area contributed by atoms with E-state index in [0.717, 1.165) is 47.3 Å². The first-order valence-corrected chi connectivity index (χ1v) is 11.5. The smallest absolute Gasteiger partial charge is 0.337 e. The summed E-state index contributed by atoms with van der Waals surface area (Å²) in [5, 5.41) is 20.2. The van der Waals surface area contributed by atoms with Crippen molar-refractivity contribution in [2.45, 2.75) is 47.0 Å². The Kier molecular flexibility index (Phi) is 9.41. The predicted octanol–water partition coefficient (Wildman–Crippen LogP) is 3.00. The number of carbonyl (C=O) groups excluding carboxylic acids is 2. The van der Waals surface area contributed by atoms with Crippen molar-refractivity contribution in [1.29, 1.82) is 0 Å². The van der Waals surface area contributed by atoms with Crippen molar-refractivity contribution < 1.29 is 25.6 Å². The third-order valence-corrected chi connectivity index (χ3v) is 6.84. The van der Waals surface area contributed by atoms with E-state index in [-0.39, 0.29) is 23.0 Å². The van der Waals surface area contributed by atoms with Crippen molar-refractivity contribution in [1.82, 2.24) is 5.06 Å². The van der Waals surface area contributed by atoms with Crippen molar-refractivity contribution in [3.63, 3.8) is 0 Å². The summed E-state index contributed by atoms with van der Waals surface area (Å²) in [5.41, 5.74) is 3.36. The van der Waals surface area contributed by atoms with Crippen LogP contribution in [0.5, 0.6) is 0 Å². The number of carbonyl (C=O) groups is 2. The van der Waals surface area contributed by atoms with Crippen LogP contribution in [-0.4, -0.2) is 50.2 Å². The first-order valence-electron chi connectivity index (χ1n) is 9.15. The standard InChI is InChI=1S/C19H32N2O4S2/c1-18(2,14-12-17(24)21(14)25)6-10-26-8-5-9-27-11-7-19(3,4)15(22)13-16(20)23/h12-13,22,25H,5-11H2,1-4H3,(H2,20,23)/p+1/b15-13-. The molecule has 0 saturated carbocycles. The van der Waals surface area contributed by atoms with Gasteiger partial charge in [0.1, 0.15) is 5.76 Å². The highest BCUT2D eigenvalue weighted by atomic mass is 32.2. The largest absolute Gasteiger partial charge is 0.511 e. The third kappa shape index (κ3) is 7.89. The summed E-state index contributed by atoms with van der Waals surface area (Å²) in [6, 6.07) is 0. The predicted molar refractivity (Wildman–Crippen MR) is 111 cm³/mol. The Labute approximate surface area is 170 Å². The van der Waals surface area contributed by atoms with Gasteiger partial charge >= 0.3 is 5.91 Å². The summed E-state index contributed by atoms with van der Waals surface area (Å²) < 4.78 is 0. The molecule has 27 heavy (non-hydrogen) atoms. The number of amides is 2. The van der Waals surface area contributed by atoms with E-state index in [1.54, 1.807) is 0 Å². The van der Waals surface area contributed by atoms with Crippen LogP contribution in [-0.2, 0) is 9.59 Å². The van der Waals surface area contributed by atoms with Gasteiger partial charge in [0.15, 0.2) is 0 Å². The lowest BCUT2D eigenvalue weighted by Gasteiger charge is -2.36. The fraction of sp³-hybridized carbons (Fsp3) is 0.684. The monoisotopic (exact) mass is 417 g/mol. The zero-order chi connectivity index (χ0) is 20.7. The van der Waals surface area contributed by atoms with Crippen LogP contribution < -0.4 is 5.73 Å². The van der Waals surface area contributed by atoms with Crippen molar-refractivity contribution in [2.24, 2.45) is 10.8 Å². The molecule has 5 N–H and O–H groups in total. The first-order chi connectivity index (χ1) is 12.5. The maximum Gasteiger partial charge on any atom is 0.337 e. The van der Waals surface area contributed by atoms with Gasteiger partial charge in [0, 0.05) is 16.9 Å². The Morgan fingerprint density at radius 2 is 1.70 bits per heavy atom. The van der Waals surface area contributed by atoms with Crippen LogP contribution in [0, 0.1) is 10.8 Å². The van der Waals surface area contributed by atoms with Crippen LogP contribution in [0.2, 0.25) is 0 Å². The number of quaternary nitrogens is 1. The van der Waals surface area contributed by atoms with Gasteiger partial charge in [0.05, 0.1) is 11.8 Å². The van der Waals surface area contributed by atoms with Gasteiger partial charge in [-0.15, -0.1) is 0 Å². The number of nitrogens with zero attached hydrogens (tertiary/aromatic N) is 1. The van der Waals surface area contributed by atoms with Gasteiger partial charge in [-0.05, 0) is 42.3 Å². The normalized spacial score (nSPS) is 15.6. The van der Waals surface area contributed by atoms with Gasteiger partial charge < -0.3 is 5.11 Å². The molecule has 0 unspecified atom stereocenters. The lowest BCUT2D eigenvalue weighted by atomic mass is 9.83. The number of rotatable bonds is 13. The molecule has 1 aliphatic heterocycles. The van der Waals surface area contributed by atoms with Crippen LogP contribution in [0.4, 0.5) is 0 Å². The van der Waals surface area contributed by atoms with Crippen molar-refractivity contribution >= 4 is 35.3 Å². The zero-order valence-corrected chi connectivity index (χ0v) is 18.4. The minimum absolute atomic E-state index is 0.103. The molecule has 0 atom stereocenters. The number of hydrogen-bond donors (Lipinski definition) is 3. The van der Waals surface area contributed by atoms with E-state index in [1.807, 2.05) is 51.2 Å². The van der Waals surface area contributed by atoms with Crippen LogP contribution in [0.3, 0.4) is 0 Å². The van der Waals surface area contributed by atoms with E-state index in [0.29, 0.717) is 5.70 Å². The number of hydroxylamine groups is 2. The van der Waals surface area contributed by atoms with E-state index in [1.165, 1.54) is 12.2 Å². The molecule has 0 fully saturated rings. The first kappa shape index (κ1) is 24.1. The molecule has 0 spiro atoms. The van der Waals surface area contributed by atoms with Gasteiger partial charge in [-0.1, -0.05) is 27.7 Å².